The molecule has 0 aromatic heterocycles. The summed E-state index contributed by atoms with van der Waals surface area (Å²) in [5, 5.41) is 0. The molecule has 0 saturated carbocycles. The maximum absolute atomic E-state index is 13.2. The van der Waals surface area contributed by atoms with E-state index in [1.54, 1.807) is 18.2 Å². The van der Waals surface area contributed by atoms with Gasteiger partial charge in [-0.15, -0.1) is 0 Å². The van der Waals surface area contributed by atoms with E-state index in [9.17, 15) is 9.18 Å². The van der Waals surface area contributed by atoms with Crippen LogP contribution in [0.1, 0.15) is 25.8 Å². The van der Waals surface area contributed by atoms with Crippen LogP contribution in [0.4, 0.5) is 4.39 Å². The zero-order valence-corrected chi connectivity index (χ0v) is 9.70. The van der Waals surface area contributed by atoms with E-state index in [-0.39, 0.29) is 24.1 Å². The van der Waals surface area contributed by atoms with Crippen LogP contribution in [0.2, 0.25) is 0 Å². The average Bonchev–Trinajstić information content (AvgIpc) is 2.21. The minimum absolute atomic E-state index is 0.00532. The molecule has 2 nitrogen and oxygen atoms in total. The number of ether oxygens (including phenoxy) is 1. The highest BCUT2D eigenvalue weighted by molar-refractivity contribution is 5.80. The van der Waals surface area contributed by atoms with Crippen molar-refractivity contribution < 1.29 is 13.9 Å². The predicted octanol–water partition coefficient (Wildman–Crippen LogP) is 2.75. The summed E-state index contributed by atoms with van der Waals surface area (Å²) >= 11 is 0. The lowest BCUT2D eigenvalue weighted by atomic mass is 10.1. The highest BCUT2D eigenvalue weighted by Gasteiger charge is 2.07. The molecule has 0 N–H and O–H groups in total. The van der Waals surface area contributed by atoms with Crippen LogP contribution in [-0.4, -0.2) is 18.5 Å². The Kier molecular flexibility index (Phi) is 5.12. The smallest absolute Gasteiger partial charge is 0.139 e. The van der Waals surface area contributed by atoms with E-state index >= 15 is 0 Å². The molecular weight excluding hydrogens is 207 g/mol. The quantitative estimate of drug-likeness (QED) is 0.742. The first kappa shape index (κ1) is 12.8. The normalized spacial score (nSPS) is 10.8. The highest BCUT2D eigenvalue weighted by Crippen LogP contribution is 2.08. The van der Waals surface area contributed by atoms with Crippen molar-refractivity contribution in [1.29, 1.82) is 0 Å². The molecule has 0 heterocycles. The second-order valence-corrected chi connectivity index (χ2v) is 3.98. The fourth-order valence-electron chi connectivity index (χ4n) is 1.35. The number of rotatable bonds is 6. The second-order valence-electron chi connectivity index (χ2n) is 3.98. The molecule has 0 saturated heterocycles. The van der Waals surface area contributed by atoms with Gasteiger partial charge >= 0.3 is 0 Å². The van der Waals surface area contributed by atoms with Gasteiger partial charge in [-0.2, -0.15) is 0 Å². The van der Waals surface area contributed by atoms with Crippen LogP contribution in [0.5, 0.6) is 0 Å². The number of Topliss-reactive ketones (excluding diaryl/α,β-unsaturated/α-hetero) is 1. The topological polar surface area (TPSA) is 26.3 Å². The first-order valence-corrected chi connectivity index (χ1v) is 5.46. The molecule has 1 aromatic rings. The summed E-state index contributed by atoms with van der Waals surface area (Å²) in [7, 11) is 0. The Morgan fingerprint density at radius 2 is 2.06 bits per heavy atom. The summed E-state index contributed by atoms with van der Waals surface area (Å²) in [5.41, 5.74) is 0.456. The van der Waals surface area contributed by atoms with Crippen LogP contribution in [0.15, 0.2) is 24.3 Å². The second kappa shape index (κ2) is 6.38. The first-order valence-electron chi connectivity index (χ1n) is 5.46. The van der Waals surface area contributed by atoms with E-state index in [0.717, 1.165) is 0 Å². The molecule has 0 atom stereocenters. The van der Waals surface area contributed by atoms with Crippen LogP contribution in [-0.2, 0) is 16.0 Å². The molecule has 16 heavy (non-hydrogen) atoms. The summed E-state index contributed by atoms with van der Waals surface area (Å²) in [5.74, 6) is -0.314. The number of ketones is 1. The molecule has 0 radical (unpaired) electrons. The van der Waals surface area contributed by atoms with Crippen LogP contribution < -0.4 is 0 Å². The minimum Gasteiger partial charge on any atom is -0.378 e. The average molecular weight is 224 g/mol. The van der Waals surface area contributed by atoms with Crippen LogP contribution in [0.25, 0.3) is 0 Å². The third-order valence-corrected chi connectivity index (χ3v) is 2.18. The van der Waals surface area contributed by atoms with Gasteiger partial charge in [0.1, 0.15) is 11.6 Å². The summed E-state index contributed by atoms with van der Waals surface area (Å²) < 4.78 is 18.5. The van der Waals surface area contributed by atoms with Crippen molar-refractivity contribution in [3.8, 4) is 0 Å². The predicted molar refractivity (Wildman–Crippen MR) is 60.8 cm³/mol. The van der Waals surface area contributed by atoms with E-state index in [4.69, 9.17) is 4.74 Å². The lowest BCUT2D eigenvalue weighted by molar-refractivity contribution is -0.119. The Labute approximate surface area is 95.4 Å². The maximum Gasteiger partial charge on any atom is 0.139 e. The zero-order chi connectivity index (χ0) is 12.0. The SMILES string of the molecule is CC(C)OCCC(=O)Cc1ccccc1F. The van der Waals surface area contributed by atoms with E-state index in [2.05, 4.69) is 0 Å². The maximum atomic E-state index is 13.2. The molecule has 1 rings (SSSR count). The van der Waals surface area contributed by atoms with Gasteiger partial charge in [-0.25, -0.2) is 4.39 Å². The Bertz CT molecular complexity index is 348. The summed E-state index contributed by atoms with van der Waals surface area (Å²) in [6.45, 7) is 4.24. The third-order valence-electron chi connectivity index (χ3n) is 2.18. The fourth-order valence-corrected chi connectivity index (χ4v) is 1.35. The molecule has 88 valence electrons. The fraction of sp³-hybridized carbons (Fsp3) is 0.462. The molecule has 0 fully saturated rings. The molecule has 0 unspecified atom stereocenters. The number of hydrogen-bond acceptors (Lipinski definition) is 2. The number of hydrogen-bond donors (Lipinski definition) is 0. The van der Waals surface area contributed by atoms with Gasteiger partial charge in [-0.05, 0) is 25.5 Å². The molecule has 0 spiro atoms. The largest absolute Gasteiger partial charge is 0.378 e. The number of carbonyl (C=O) groups is 1. The first-order chi connectivity index (χ1) is 7.59. The van der Waals surface area contributed by atoms with Crippen molar-refractivity contribution in [1.82, 2.24) is 0 Å². The van der Waals surface area contributed by atoms with Gasteiger partial charge in [0.15, 0.2) is 0 Å². The Hall–Kier alpha value is -1.22. The minimum atomic E-state index is -0.319. The van der Waals surface area contributed by atoms with Crippen molar-refractivity contribution in [3.05, 3.63) is 35.6 Å². The number of benzene rings is 1. The van der Waals surface area contributed by atoms with Gasteiger partial charge in [0.05, 0.1) is 12.7 Å². The van der Waals surface area contributed by atoms with Gasteiger partial charge in [0.2, 0.25) is 0 Å². The molecule has 0 bridgehead atoms. The van der Waals surface area contributed by atoms with Crippen molar-refractivity contribution >= 4 is 5.78 Å². The van der Waals surface area contributed by atoms with Crippen molar-refractivity contribution in [2.24, 2.45) is 0 Å². The monoisotopic (exact) mass is 224 g/mol. The Morgan fingerprint density at radius 3 is 2.69 bits per heavy atom. The molecule has 3 heteroatoms. The van der Waals surface area contributed by atoms with Crippen molar-refractivity contribution in [3.63, 3.8) is 0 Å². The lowest BCUT2D eigenvalue weighted by Gasteiger charge is -2.06. The number of halogens is 1. The van der Waals surface area contributed by atoms with Gasteiger partial charge in [-0.1, -0.05) is 18.2 Å². The van der Waals surface area contributed by atoms with Crippen molar-refractivity contribution in [2.45, 2.75) is 32.8 Å². The Balaban J connectivity index is 2.37. The van der Waals surface area contributed by atoms with Gasteiger partial charge < -0.3 is 4.74 Å². The van der Waals surface area contributed by atoms with E-state index < -0.39 is 0 Å². The molecule has 0 aliphatic carbocycles. The Morgan fingerprint density at radius 1 is 1.38 bits per heavy atom. The zero-order valence-electron chi connectivity index (χ0n) is 9.70. The van der Waals surface area contributed by atoms with E-state index in [0.29, 0.717) is 18.6 Å². The van der Waals surface area contributed by atoms with E-state index in [1.165, 1.54) is 6.07 Å². The standard InChI is InChI=1S/C13H17FO2/c1-10(2)16-8-7-12(15)9-11-5-3-4-6-13(11)14/h3-6,10H,7-9H2,1-2H3. The molecule has 0 aliphatic rings. The van der Waals surface area contributed by atoms with Crippen LogP contribution in [0, 0.1) is 5.82 Å². The lowest BCUT2D eigenvalue weighted by Crippen LogP contribution is -2.11. The number of carbonyl (C=O) groups excluding carboxylic acids is 1. The molecule has 1 aromatic carbocycles. The molecule has 0 aliphatic heterocycles. The van der Waals surface area contributed by atoms with Gasteiger partial charge in [0.25, 0.3) is 0 Å². The third kappa shape index (κ3) is 4.53. The van der Waals surface area contributed by atoms with Crippen LogP contribution in [0.3, 0.4) is 0 Å². The highest BCUT2D eigenvalue weighted by atomic mass is 19.1. The molecular formula is C13H17FO2. The van der Waals surface area contributed by atoms with E-state index in [1.807, 2.05) is 13.8 Å². The van der Waals surface area contributed by atoms with Crippen molar-refractivity contribution in [2.75, 3.05) is 6.61 Å². The van der Waals surface area contributed by atoms with Gasteiger partial charge in [0, 0.05) is 12.8 Å². The molecule has 0 amide bonds. The van der Waals surface area contributed by atoms with Gasteiger partial charge in [-0.3, -0.25) is 4.79 Å². The summed E-state index contributed by atoms with van der Waals surface area (Å²) in [4.78, 5) is 11.5. The van der Waals surface area contributed by atoms with Crippen LogP contribution >= 0.6 is 0 Å². The summed E-state index contributed by atoms with van der Waals surface area (Å²) in [6, 6.07) is 6.35. The summed E-state index contributed by atoms with van der Waals surface area (Å²) in [6.07, 6.45) is 0.613.